The number of ether oxygens (including phenoxy) is 2. The van der Waals surface area contributed by atoms with Crippen molar-refractivity contribution in [3.63, 3.8) is 0 Å². The monoisotopic (exact) mass is 387 g/mol. The van der Waals surface area contributed by atoms with Crippen molar-refractivity contribution in [1.82, 2.24) is 15.3 Å². The number of carbonyl (C=O) groups is 1. The summed E-state index contributed by atoms with van der Waals surface area (Å²) in [5.41, 5.74) is 6.91. The number of amides is 1. The molecule has 0 saturated carbocycles. The van der Waals surface area contributed by atoms with E-state index >= 15 is 0 Å². The number of hydrogen-bond donors (Lipinski definition) is 2. The molecule has 0 spiro atoms. The minimum absolute atomic E-state index is 0.146. The Balaban J connectivity index is 1.72. The highest BCUT2D eigenvalue weighted by atomic mass is 16.5. The molecule has 1 aliphatic rings. The molecule has 3 rings (SSSR count). The Morgan fingerprint density at radius 3 is 2.54 bits per heavy atom. The summed E-state index contributed by atoms with van der Waals surface area (Å²) in [6, 6.07) is 3.62. The van der Waals surface area contributed by atoms with Crippen LogP contribution in [0.5, 0.6) is 11.5 Å². The molecule has 0 aliphatic carbocycles. The standard InChI is InChI=1S/C20H29N5O3/c1-4-7-22-18(26)10-13-5-8-25(9-6-13)20-23-15-12-17(28-3)16(27-2)11-14(15)19(21)24-20/h11-13H,4-10H2,1-3H3,(H,22,26)(H2,21,23,24). The van der Waals surface area contributed by atoms with E-state index in [0.29, 0.717) is 35.6 Å². The minimum atomic E-state index is 0.146. The SMILES string of the molecule is CCCNC(=O)CC1CCN(c2nc(N)c3cc(OC)c(OC)cc3n2)CC1. The van der Waals surface area contributed by atoms with Gasteiger partial charge in [0.2, 0.25) is 11.9 Å². The zero-order chi connectivity index (χ0) is 20.1. The van der Waals surface area contributed by atoms with Gasteiger partial charge in [-0.3, -0.25) is 4.79 Å². The third-order valence-electron chi connectivity index (χ3n) is 5.16. The summed E-state index contributed by atoms with van der Waals surface area (Å²) in [5.74, 6) is 2.78. The highest BCUT2D eigenvalue weighted by Crippen LogP contribution is 2.34. The van der Waals surface area contributed by atoms with Gasteiger partial charge in [0.05, 0.1) is 19.7 Å². The van der Waals surface area contributed by atoms with E-state index in [9.17, 15) is 4.79 Å². The van der Waals surface area contributed by atoms with Crippen LogP contribution in [0.1, 0.15) is 32.6 Å². The molecule has 2 aromatic rings. The van der Waals surface area contributed by atoms with Gasteiger partial charge in [-0.1, -0.05) is 6.92 Å². The van der Waals surface area contributed by atoms with Crippen molar-refractivity contribution in [3.8, 4) is 11.5 Å². The third kappa shape index (κ3) is 4.37. The highest BCUT2D eigenvalue weighted by Gasteiger charge is 2.24. The Kier molecular flexibility index (Phi) is 6.38. The van der Waals surface area contributed by atoms with Crippen LogP contribution in [0.2, 0.25) is 0 Å². The maximum Gasteiger partial charge on any atom is 0.227 e. The molecule has 8 heteroatoms. The van der Waals surface area contributed by atoms with Gasteiger partial charge in [-0.05, 0) is 31.2 Å². The zero-order valence-electron chi connectivity index (χ0n) is 16.8. The van der Waals surface area contributed by atoms with Gasteiger partial charge in [-0.2, -0.15) is 4.98 Å². The molecule has 1 aromatic heterocycles. The van der Waals surface area contributed by atoms with Crippen molar-refractivity contribution in [2.75, 3.05) is 44.5 Å². The van der Waals surface area contributed by atoms with Crippen LogP contribution >= 0.6 is 0 Å². The predicted octanol–water partition coefficient (Wildman–Crippen LogP) is 2.36. The van der Waals surface area contributed by atoms with Gasteiger partial charge in [0.25, 0.3) is 0 Å². The Morgan fingerprint density at radius 1 is 1.21 bits per heavy atom. The average Bonchev–Trinajstić information content (AvgIpc) is 2.71. The second kappa shape index (κ2) is 8.95. The molecule has 1 saturated heterocycles. The van der Waals surface area contributed by atoms with Crippen molar-refractivity contribution >= 4 is 28.6 Å². The number of hydrogen-bond acceptors (Lipinski definition) is 7. The number of nitrogens with two attached hydrogens (primary N) is 1. The van der Waals surface area contributed by atoms with E-state index in [2.05, 4.69) is 22.1 Å². The lowest BCUT2D eigenvalue weighted by Crippen LogP contribution is -2.37. The maximum absolute atomic E-state index is 11.9. The van der Waals surface area contributed by atoms with E-state index in [4.69, 9.17) is 20.2 Å². The predicted molar refractivity (Wildman–Crippen MR) is 110 cm³/mol. The fraction of sp³-hybridized carbons (Fsp3) is 0.550. The normalized spacial score (nSPS) is 14.9. The Labute approximate surface area is 165 Å². The number of nitrogen functional groups attached to an aromatic ring is 1. The number of anilines is 2. The molecule has 0 unspecified atom stereocenters. The first-order valence-corrected chi connectivity index (χ1v) is 9.76. The molecule has 3 N–H and O–H groups in total. The largest absolute Gasteiger partial charge is 0.493 e. The molecule has 0 atom stereocenters. The van der Waals surface area contributed by atoms with Gasteiger partial charge in [0, 0.05) is 37.5 Å². The van der Waals surface area contributed by atoms with Crippen LogP contribution in [-0.2, 0) is 4.79 Å². The summed E-state index contributed by atoms with van der Waals surface area (Å²) in [5, 5.41) is 3.69. The Morgan fingerprint density at radius 2 is 1.89 bits per heavy atom. The van der Waals surface area contributed by atoms with Crippen LogP contribution in [-0.4, -0.2) is 49.7 Å². The summed E-state index contributed by atoms with van der Waals surface area (Å²) >= 11 is 0. The van der Waals surface area contributed by atoms with Crippen molar-refractivity contribution in [1.29, 1.82) is 0 Å². The van der Waals surface area contributed by atoms with E-state index in [1.54, 1.807) is 20.3 Å². The number of nitrogens with zero attached hydrogens (tertiary/aromatic N) is 3. The lowest BCUT2D eigenvalue weighted by molar-refractivity contribution is -0.122. The molecule has 8 nitrogen and oxygen atoms in total. The molecule has 1 amide bonds. The number of piperidine rings is 1. The number of fused-ring (bicyclic) bond motifs is 1. The molecular weight excluding hydrogens is 358 g/mol. The fourth-order valence-corrected chi connectivity index (χ4v) is 3.54. The molecule has 0 radical (unpaired) electrons. The Bertz CT molecular complexity index is 834. The second-order valence-electron chi connectivity index (χ2n) is 7.12. The zero-order valence-corrected chi connectivity index (χ0v) is 16.8. The quantitative estimate of drug-likeness (QED) is 0.752. The summed E-state index contributed by atoms with van der Waals surface area (Å²) in [6.07, 6.45) is 3.42. The lowest BCUT2D eigenvalue weighted by atomic mass is 9.93. The summed E-state index contributed by atoms with van der Waals surface area (Å²) in [7, 11) is 3.18. The summed E-state index contributed by atoms with van der Waals surface area (Å²) in [6.45, 7) is 4.42. The minimum Gasteiger partial charge on any atom is -0.493 e. The van der Waals surface area contributed by atoms with Crippen molar-refractivity contribution in [3.05, 3.63) is 12.1 Å². The van der Waals surface area contributed by atoms with Crippen LogP contribution in [0.25, 0.3) is 10.9 Å². The molecule has 152 valence electrons. The summed E-state index contributed by atoms with van der Waals surface area (Å²) in [4.78, 5) is 23.3. The third-order valence-corrected chi connectivity index (χ3v) is 5.16. The molecule has 1 aliphatic heterocycles. The molecular formula is C20H29N5O3. The number of rotatable bonds is 7. The van der Waals surface area contributed by atoms with Gasteiger partial charge in [0.1, 0.15) is 5.82 Å². The van der Waals surface area contributed by atoms with Gasteiger partial charge in [0.15, 0.2) is 11.5 Å². The highest BCUT2D eigenvalue weighted by molar-refractivity contribution is 5.91. The van der Waals surface area contributed by atoms with Crippen LogP contribution in [0.3, 0.4) is 0 Å². The fourth-order valence-electron chi connectivity index (χ4n) is 3.54. The van der Waals surface area contributed by atoms with E-state index < -0.39 is 0 Å². The average molecular weight is 387 g/mol. The van der Waals surface area contributed by atoms with Crippen LogP contribution in [0.4, 0.5) is 11.8 Å². The second-order valence-corrected chi connectivity index (χ2v) is 7.12. The molecule has 2 heterocycles. The van der Waals surface area contributed by atoms with E-state index in [0.717, 1.165) is 49.8 Å². The van der Waals surface area contributed by atoms with Crippen molar-refractivity contribution in [2.24, 2.45) is 5.92 Å². The van der Waals surface area contributed by atoms with Crippen molar-refractivity contribution < 1.29 is 14.3 Å². The first-order chi connectivity index (χ1) is 13.5. The molecule has 28 heavy (non-hydrogen) atoms. The number of methoxy groups -OCH3 is 2. The molecule has 1 aromatic carbocycles. The molecule has 1 fully saturated rings. The van der Waals surface area contributed by atoms with E-state index in [1.165, 1.54) is 0 Å². The van der Waals surface area contributed by atoms with Gasteiger partial charge < -0.3 is 25.4 Å². The number of benzene rings is 1. The number of nitrogens with one attached hydrogen (secondary N) is 1. The van der Waals surface area contributed by atoms with Gasteiger partial charge in [-0.25, -0.2) is 4.98 Å². The van der Waals surface area contributed by atoms with Crippen LogP contribution in [0, 0.1) is 5.92 Å². The Hall–Kier alpha value is -2.77. The number of aromatic nitrogens is 2. The smallest absolute Gasteiger partial charge is 0.227 e. The van der Waals surface area contributed by atoms with E-state index in [1.807, 2.05) is 6.07 Å². The van der Waals surface area contributed by atoms with Crippen LogP contribution in [0.15, 0.2) is 12.1 Å². The number of carbonyl (C=O) groups excluding carboxylic acids is 1. The first kappa shape index (κ1) is 20.0. The lowest BCUT2D eigenvalue weighted by Gasteiger charge is -2.32. The van der Waals surface area contributed by atoms with Crippen LogP contribution < -0.4 is 25.4 Å². The molecule has 0 bridgehead atoms. The van der Waals surface area contributed by atoms with Gasteiger partial charge in [-0.15, -0.1) is 0 Å². The van der Waals surface area contributed by atoms with Gasteiger partial charge >= 0.3 is 0 Å². The topological polar surface area (TPSA) is 103 Å². The van der Waals surface area contributed by atoms with E-state index in [-0.39, 0.29) is 5.91 Å². The maximum atomic E-state index is 11.9. The first-order valence-electron chi connectivity index (χ1n) is 9.76. The van der Waals surface area contributed by atoms with Crippen molar-refractivity contribution in [2.45, 2.75) is 32.6 Å². The summed E-state index contributed by atoms with van der Waals surface area (Å²) < 4.78 is 10.7.